The van der Waals surface area contributed by atoms with Crippen molar-refractivity contribution in [2.24, 2.45) is 0 Å². The number of nitrogens with zero attached hydrogens (tertiary/aromatic N) is 4. The Morgan fingerprint density at radius 2 is 1.85 bits per heavy atom. The number of hydrogen-bond acceptors (Lipinski definition) is 7. The topological polar surface area (TPSA) is 72.4 Å². The normalized spacial score (nSPS) is 18.9. The molecule has 1 aliphatic heterocycles. The van der Waals surface area contributed by atoms with Crippen molar-refractivity contribution in [1.82, 2.24) is 20.3 Å². The van der Waals surface area contributed by atoms with Gasteiger partial charge in [0.05, 0.1) is 14.2 Å². The molecule has 1 unspecified atom stereocenters. The van der Waals surface area contributed by atoms with Gasteiger partial charge in [0, 0.05) is 12.6 Å². The van der Waals surface area contributed by atoms with Crippen molar-refractivity contribution in [3.05, 3.63) is 0 Å². The van der Waals surface area contributed by atoms with Crippen molar-refractivity contribution in [3.8, 4) is 12.0 Å². The van der Waals surface area contributed by atoms with Crippen LogP contribution in [0.25, 0.3) is 0 Å². The molecule has 0 bridgehead atoms. The summed E-state index contributed by atoms with van der Waals surface area (Å²) < 4.78 is 10.2. The van der Waals surface area contributed by atoms with Crippen molar-refractivity contribution in [2.75, 3.05) is 39.3 Å². The average Bonchev–Trinajstić information content (AvgIpc) is 2.52. The van der Waals surface area contributed by atoms with E-state index in [4.69, 9.17) is 9.47 Å². The summed E-state index contributed by atoms with van der Waals surface area (Å²) >= 11 is 0. The van der Waals surface area contributed by atoms with Crippen LogP contribution in [0.2, 0.25) is 0 Å². The minimum atomic E-state index is 0.296. The molecule has 0 spiro atoms. The van der Waals surface area contributed by atoms with E-state index in [9.17, 15) is 0 Å². The summed E-state index contributed by atoms with van der Waals surface area (Å²) in [4.78, 5) is 15.0. The highest BCUT2D eigenvalue weighted by atomic mass is 16.5. The summed E-state index contributed by atoms with van der Waals surface area (Å²) in [6.07, 6.45) is 4.65. The number of aromatic nitrogens is 3. The van der Waals surface area contributed by atoms with Gasteiger partial charge in [-0.25, -0.2) is 0 Å². The molecule has 0 aliphatic carbocycles. The first-order chi connectivity index (χ1) is 9.78. The van der Waals surface area contributed by atoms with Crippen LogP contribution in [-0.2, 0) is 0 Å². The zero-order valence-electron chi connectivity index (χ0n) is 12.4. The van der Waals surface area contributed by atoms with Crippen molar-refractivity contribution in [3.63, 3.8) is 0 Å². The van der Waals surface area contributed by atoms with Gasteiger partial charge in [0.1, 0.15) is 0 Å². The molecule has 1 saturated heterocycles. The molecule has 7 nitrogen and oxygen atoms in total. The van der Waals surface area contributed by atoms with Crippen LogP contribution in [0, 0.1) is 0 Å². The molecule has 2 heterocycles. The Morgan fingerprint density at radius 3 is 2.45 bits per heavy atom. The minimum Gasteiger partial charge on any atom is -0.467 e. The average molecular weight is 281 g/mol. The van der Waals surface area contributed by atoms with Crippen molar-refractivity contribution in [2.45, 2.75) is 31.7 Å². The zero-order chi connectivity index (χ0) is 14.4. The monoisotopic (exact) mass is 281 g/mol. The van der Waals surface area contributed by atoms with Gasteiger partial charge in [-0.1, -0.05) is 0 Å². The molecule has 2 rings (SSSR count). The van der Waals surface area contributed by atoms with Gasteiger partial charge in [0.15, 0.2) is 0 Å². The summed E-state index contributed by atoms with van der Waals surface area (Å²) in [6.45, 7) is 1.95. The lowest BCUT2D eigenvalue weighted by Crippen LogP contribution is -2.42. The lowest BCUT2D eigenvalue weighted by atomic mass is 10.00. The summed E-state index contributed by atoms with van der Waals surface area (Å²) in [5, 5.41) is 3.20. The highest BCUT2D eigenvalue weighted by Gasteiger charge is 2.25. The predicted molar refractivity (Wildman–Crippen MR) is 76.5 cm³/mol. The fourth-order valence-corrected chi connectivity index (χ4v) is 2.51. The van der Waals surface area contributed by atoms with Crippen LogP contribution in [0.15, 0.2) is 0 Å². The predicted octanol–water partition coefficient (Wildman–Crippen LogP) is 0.857. The fourth-order valence-electron chi connectivity index (χ4n) is 2.51. The van der Waals surface area contributed by atoms with Crippen LogP contribution < -0.4 is 19.7 Å². The molecular weight excluding hydrogens is 258 g/mol. The molecular formula is C13H23N5O2. The third kappa shape index (κ3) is 3.47. The third-order valence-electron chi connectivity index (χ3n) is 3.56. The third-order valence-corrected chi connectivity index (χ3v) is 3.56. The second-order valence-electron chi connectivity index (χ2n) is 4.84. The smallest absolute Gasteiger partial charge is 0.324 e. The van der Waals surface area contributed by atoms with Gasteiger partial charge in [0.2, 0.25) is 5.95 Å². The number of nitrogens with one attached hydrogen (secondary N) is 1. The van der Waals surface area contributed by atoms with E-state index in [2.05, 4.69) is 25.2 Å². The standard InChI is InChI=1S/C13H23N5O2/c1-14-8-7-10-6-4-5-9-18(10)11-15-12(19-2)17-13(16-11)20-3/h10,14H,4-9H2,1-3H3. The van der Waals surface area contributed by atoms with Crippen LogP contribution in [0.4, 0.5) is 5.95 Å². The molecule has 1 aliphatic rings. The molecule has 1 N–H and O–H groups in total. The van der Waals surface area contributed by atoms with E-state index in [1.807, 2.05) is 7.05 Å². The van der Waals surface area contributed by atoms with E-state index in [1.165, 1.54) is 6.42 Å². The molecule has 1 aromatic heterocycles. The molecule has 0 aromatic carbocycles. The molecule has 1 fully saturated rings. The van der Waals surface area contributed by atoms with E-state index < -0.39 is 0 Å². The maximum Gasteiger partial charge on any atom is 0.324 e. The molecule has 0 saturated carbocycles. The largest absolute Gasteiger partial charge is 0.467 e. The first kappa shape index (κ1) is 14.8. The molecule has 20 heavy (non-hydrogen) atoms. The van der Waals surface area contributed by atoms with Crippen molar-refractivity contribution < 1.29 is 9.47 Å². The van der Waals surface area contributed by atoms with E-state index in [1.54, 1.807) is 14.2 Å². The Bertz CT molecular complexity index is 407. The van der Waals surface area contributed by atoms with E-state index in [-0.39, 0.29) is 0 Å². The number of ether oxygens (including phenoxy) is 2. The Hall–Kier alpha value is -1.63. The van der Waals surface area contributed by atoms with Crippen LogP contribution >= 0.6 is 0 Å². The van der Waals surface area contributed by atoms with Crippen molar-refractivity contribution in [1.29, 1.82) is 0 Å². The van der Waals surface area contributed by atoms with Crippen LogP contribution in [0.1, 0.15) is 25.7 Å². The lowest BCUT2D eigenvalue weighted by Gasteiger charge is -2.35. The summed E-state index contributed by atoms with van der Waals surface area (Å²) in [6, 6.07) is 1.04. The Labute approximate surface area is 119 Å². The van der Waals surface area contributed by atoms with Gasteiger partial charge in [0.25, 0.3) is 0 Å². The van der Waals surface area contributed by atoms with Crippen LogP contribution in [0.3, 0.4) is 0 Å². The molecule has 1 atom stereocenters. The van der Waals surface area contributed by atoms with Gasteiger partial charge < -0.3 is 19.7 Å². The summed E-state index contributed by atoms with van der Waals surface area (Å²) in [7, 11) is 5.07. The first-order valence-electron chi connectivity index (χ1n) is 7.03. The highest BCUT2D eigenvalue weighted by Crippen LogP contribution is 2.25. The number of anilines is 1. The van der Waals surface area contributed by atoms with Gasteiger partial charge in [-0.15, -0.1) is 4.98 Å². The quantitative estimate of drug-likeness (QED) is 0.829. The van der Waals surface area contributed by atoms with Gasteiger partial charge in [-0.3, -0.25) is 0 Å². The Morgan fingerprint density at radius 1 is 1.15 bits per heavy atom. The highest BCUT2D eigenvalue weighted by molar-refractivity contribution is 5.34. The van der Waals surface area contributed by atoms with E-state index in [0.29, 0.717) is 24.0 Å². The minimum absolute atomic E-state index is 0.296. The van der Waals surface area contributed by atoms with Crippen molar-refractivity contribution >= 4 is 5.95 Å². The van der Waals surface area contributed by atoms with Gasteiger partial charge in [-0.05, 0) is 39.3 Å². The molecule has 112 valence electrons. The second-order valence-corrected chi connectivity index (χ2v) is 4.84. The lowest BCUT2D eigenvalue weighted by molar-refractivity contribution is 0.336. The SMILES string of the molecule is CNCCC1CCCCN1c1nc(OC)nc(OC)n1. The zero-order valence-corrected chi connectivity index (χ0v) is 12.4. The number of hydrogen-bond donors (Lipinski definition) is 1. The number of methoxy groups -OCH3 is 2. The Balaban J connectivity index is 2.21. The summed E-state index contributed by atoms with van der Waals surface area (Å²) in [5.74, 6) is 0.648. The van der Waals surface area contributed by atoms with Crippen LogP contribution in [-0.4, -0.2) is 55.4 Å². The van der Waals surface area contributed by atoms with Gasteiger partial charge in [-0.2, -0.15) is 9.97 Å². The molecule has 0 amide bonds. The molecule has 1 aromatic rings. The summed E-state index contributed by atoms with van der Waals surface area (Å²) in [5.41, 5.74) is 0. The number of piperidine rings is 1. The van der Waals surface area contributed by atoms with E-state index >= 15 is 0 Å². The van der Waals surface area contributed by atoms with E-state index in [0.717, 1.165) is 32.4 Å². The molecule has 0 radical (unpaired) electrons. The molecule has 7 heteroatoms. The number of rotatable bonds is 6. The maximum atomic E-state index is 5.12. The van der Waals surface area contributed by atoms with Gasteiger partial charge >= 0.3 is 12.0 Å². The first-order valence-corrected chi connectivity index (χ1v) is 7.03. The Kier molecular flexibility index (Phi) is 5.34. The fraction of sp³-hybridized carbons (Fsp3) is 0.769. The second kappa shape index (κ2) is 7.23. The maximum absolute atomic E-state index is 5.12. The van der Waals surface area contributed by atoms with Crippen LogP contribution in [0.5, 0.6) is 12.0 Å².